The fourth-order valence-corrected chi connectivity index (χ4v) is 5.59. The van der Waals surface area contributed by atoms with Crippen LogP contribution in [-0.2, 0) is 32.3 Å². The van der Waals surface area contributed by atoms with Gasteiger partial charge in [-0.3, -0.25) is 19.4 Å². The van der Waals surface area contributed by atoms with Gasteiger partial charge in [-0.1, -0.05) is 60.7 Å². The molecule has 2 saturated heterocycles. The number of rotatable bonds is 8. The van der Waals surface area contributed by atoms with E-state index in [1.807, 2.05) is 72.4 Å². The number of carbonyl (C=O) groups excluding carboxylic acids is 2. The molecule has 2 aliphatic rings. The predicted octanol–water partition coefficient (Wildman–Crippen LogP) is 2.57. The van der Waals surface area contributed by atoms with Crippen molar-refractivity contribution in [1.82, 2.24) is 9.80 Å². The quantitative estimate of drug-likeness (QED) is 0.585. The monoisotopic (exact) mass is 440 g/mol. The van der Waals surface area contributed by atoms with Gasteiger partial charge in [-0.2, -0.15) is 11.8 Å². The summed E-state index contributed by atoms with van der Waals surface area (Å²) >= 11 is 1.87. The number of fused-ring (bicyclic) bond motifs is 1. The van der Waals surface area contributed by atoms with Gasteiger partial charge in [0.25, 0.3) is 0 Å². The molecule has 0 amide bonds. The highest BCUT2D eigenvalue weighted by Gasteiger charge is 2.41. The van der Waals surface area contributed by atoms with Crippen molar-refractivity contribution in [1.29, 1.82) is 0 Å². The van der Waals surface area contributed by atoms with E-state index < -0.39 is 0 Å². The van der Waals surface area contributed by atoms with Crippen molar-refractivity contribution in [3.8, 4) is 0 Å². The standard InChI is InChI=1S/C24H28N2O4S/c27-23(29-15-19-7-3-1-4-8-19)13-25-11-12-26(22-18-31-17-21(22)25)14-24(28)30-16-20-9-5-2-6-10-20/h1-10,21-22H,11-18H2/t21-,22+. The number of benzene rings is 2. The summed E-state index contributed by atoms with van der Waals surface area (Å²) in [5.41, 5.74) is 1.98. The van der Waals surface area contributed by atoms with E-state index in [0.717, 1.165) is 35.7 Å². The average molecular weight is 441 g/mol. The maximum Gasteiger partial charge on any atom is 0.320 e. The molecule has 0 aliphatic carbocycles. The van der Waals surface area contributed by atoms with Crippen LogP contribution < -0.4 is 0 Å². The Balaban J connectivity index is 1.25. The van der Waals surface area contributed by atoms with Gasteiger partial charge in [-0.15, -0.1) is 0 Å². The minimum absolute atomic E-state index is 0.199. The van der Waals surface area contributed by atoms with E-state index in [2.05, 4.69) is 9.80 Å². The molecule has 2 aromatic carbocycles. The van der Waals surface area contributed by atoms with Crippen LogP contribution in [0, 0.1) is 0 Å². The van der Waals surface area contributed by atoms with E-state index in [1.165, 1.54) is 0 Å². The van der Waals surface area contributed by atoms with E-state index in [-0.39, 0.29) is 24.0 Å². The van der Waals surface area contributed by atoms with Crippen molar-refractivity contribution in [2.24, 2.45) is 0 Å². The van der Waals surface area contributed by atoms with Gasteiger partial charge < -0.3 is 9.47 Å². The summed E-state index contributed by atoms with van der Waals surface area (Å²) < 4.78 is 10.9. The van der Waals surface area contributed by atoms with Crippen LogP contribution in [0.15, 0.2) is 60.7 Å². The molecule has 0 N–H and O–H groups in total. The summed E-state index contributed by atoms with van der Waals surface area (Å²) in [5.74, 6) is 1.53. The molecule has 2 aromatic rings. The molecule has 0 radical (unpaired) electrons. The number of carbonyl (C=O) groups is 2. The Morgan fingerprint density at radius 2 is 1.16 bits per heavy atom. The van der Waals surface area contributed by atoms with E-state index in [4.69, 9.17) is 9.47 Å². The first-order chi connectivity index (χ1) is 15.2. The molecule has 0 aromatic heterocycles. The van der Waals surface area contributed by atoms with Crippen molar-refractivity contribution in [3.05, 3.63) is 71.8 Å². The predicted molar refractivity (Wildman–Crippen MR) is 121 cm³/mol. The SMILES string of the molecule is O=C(CN1CCN(CC(=O)OCc2ccccc2)[C@H]2CSC[C@H]21)OCc1ccccc1. The highest BCUT2D eigenvalue weighted by molar-refractivity contribution is 7.99. The Labute approximate surface area is 187 Å². The number of esters is 2. The topological polar surface area (TPSA) is 59.1 Å². The van der Waals surface area contributed by atoms with Crippen LogP contribution in [-0.4, -0.2) is 71.5 Å². The molecule has 2 atom stereocenters. The fourth-order valence-electron chi connectivity index (χ4n) is 4.11. The number of hydrogen-bond donors (Lipinski definition) is 0. The number of piperazine rings is 1. The smallest absolute Gasteiger partial charge is 0.320 e. The second-order valence-electron chi connectivity index (χ2n) is 7.91. The Hall–Kier alpha value is -2.35. The largest absolute Gasteiger partial charge is 0.460 e. The van der Waals surface area contributed by atoms with Crippen molar-refractivity contribution >= 4 is 23.7 Å². The van der Waals surface area contributed by atoms with Gasteiger partial charge in [0.2, 0.25) is 0 Å². The highest BCUT2D eigenvalue weighted by atomic mass is 32.2. The van der Waals surface area contributed by atoms with E-state index in [9.17, 15) is 9.59 Å². The van der Waals surface area contributed by atoms with Crippen LogP contribution in [0.4, 0.5) is 0 Å². The van der Waals surface area contributed by atoms with Crippen molar-refractivity contribution in [2.45, 2.75) is 25.3 Å². The lowest BCUT2D eigenvalue weighted by atomic mass is 10.0. The lowest BCUT2D eigenvalue weighted by molar-refractivity contribution is -0.151. The number of ether oxygens (including phenoxy) is 2. The normalized spacial score (nSPS) is 21.4. The summed E-state index contributed by atoms with van der Waals surface area (Å²) in [6, 6.07) is 20.0. The van der Waals surface area contributed by atoms with Gasteiger partial charge in [0.1, 0.15) is 13.2 Å². The zero-order valence-corrected chi connectivity index (χ0v) is 18.3. The van der Waals surface area contributed by atoms with Gasteiger partial charge in [0.05, 0.1) is 13.1 Å². The van der Waals surface area contributed by atoms with Gasteiger partial charge in [-0.25, -0.2) is 0 Å². The average Bonchev–Trinajstić information content (AvgIpc) is 3.30. The molecule has 164 valence electrons. The lowest BCUT2D eigenvalue weighted by Crippen LogP contribution is -2.60. The minimum atomic E-state index is -0.199. The van der Waals surface area contributed by atoms with Crippen LogP contribution in [0.5, 0.6) is 0 Å². The molecule has 2 fully saturated rings. The van der Waals surface area contributed by atoms with E-state index in [1.54, 1.807) is 0 Å². The van der Waals surface area contributed by atoms with Crippen molar-refractivity contribution in [2.75, 3.05) is 37.7 Å². The molecular weight excluding hydrogens is 412 g/mol. The Bertz CT molecular complexity index is 793. The summed E-state index contributed by atoms with van der Waals surface area (Å²) in [4.78, 5) is 29.2. The first-order valence-electron chi connectivity index (χ1n) is 10.6. The zero-order valence-electron chi connectivity index (χ0n) is 17.5. The highest BCUT2D eigenvalue weighted by Crippen LogP contribution is 2.30. The summed E-state index contributed by atoms with van der Waals surface area (Å²) in [5, 5.41) is 0. The zero-order chi connectivity index (χ0) is 21.5. The maximum absolute atomic E-state index is 12.4. The van der Waals surface area contributed by atoms with Gasteiger partial charge in [0, 0.05) is 36.7 Å². The molecule has 2 aliphatic heterocycles. The number of nitrogens with zero attached hydrogens (tertiary/aromatic N) is 2. The minimum Gasteiger partial charge on any atom is -0.460 e. The first kappa shape index (κ1) is 21.9. The van der Waals surface area contributed by atoms with E-state index >= 15 is 0 Å². The van der Waals surface area contributed by atoms with Crippen LogP contribution >= 0.6 is 11.8 Å². The second-order valence-corrected chi connectivity index (χ2v) is 8.98. The second kappa shape index (κ2) is 10.8. The molecule has 2 heterocycles. The molecule has 0 bridgehead atoms. The number of hydrogen-bond acceptors (Lipinski definition) is 7. The third-order valence-electron chi connectivity index (χ3n) is 5.78. The molecule has 0 saturated carbocycles. The molecule has 4 rings (SSSR count). The van der Waals surface area contributed by atoms with Crippen LogP contribution in [0.1, 0.15) is 11.1 Å². The summed E-state index contributed by atoms with van der Waals surface area (Å²) in [7, 11) is 0. The van der Waals surface area contributed by atoms with Gasteiger partial charge in [-0.05, 0) is 11.1 Å². The van der Waals surface area contributed by atoms with Gasteiger partial charge >= 0.3 is 11.9 Å². The molecular formula is C24H28N2O4S. The Morgan fingerprint density at radius 3 is 1.58 bits per heavy atom. The Kier molecular flexibility index (Phi) is 7.61. The third-order valence-corrected chi connectivity index (χ3v) is 6.94. The molecule has 7 heteroatoms. The Morgan fingerprint density at radius 1 is 0.742 bits per heavy atom. The lowest BCUT2D eigenvalue weighted by Gasteiger charge is -2.43. The summed E-state index contributed by atoms with van der Waals surface area (Å²) in [6.07, 6.45) is 0. The van der Waals surface area contributed by atoms with Crippen molar-refractivity contribution < 1.29 is 19.1 Å². The van der Waals surface area contributed by atoms with Crippen LogP contribution in [0.2, 0.25) is 0 Å². The van der Waals surface area contributed by atoms with E-state index in [0.29, 0.717) is 26.3 Å². The number of thioether (sulfide) groups is 1. The van der Waals surface area contributed by atoms with Gasteiger partial charge in [0.15, 0.2) is 0 Å². The molecule has 0 unspecified atom stereocenters. The fraction of sp³-hybridized carbons (Fsp3) is 0.417. The molecule has 31 heavy (non-hydrogen) atoms. The van der Waals surface area contributed by atoms with Crippen molar-refractivity contribution in [3.63, 3.8) is 0 Å². The summed E-state index contributed by atoms with van der Waals surface area (Å²) in [6.45, 7) is 2.68. The first-order valence-corrected chi connectivity index (χ1v) is 11.8. The molecule has 6 nitrogen and oxygen atoms in total. The van der Waals surface area contributed by atoms with Crippen LogP contribution in [0.25, 0.3) is 0 Å². The maximum atomic E-state index is 12.4. The van der Waals surface area contributed by atoms with Crippen LogP contribution in [0.3, 0.4) is 0 Å². The third kappa shape index (κ3) is 6.09. The molecule has 0 spiro atoms.